The zero-order chi connectivity index (χ0) is 15.3. The summed E-state index contributed by atoms with van der Waals surface area (Å²) in [7, 11) is -1.65. The summed E-state index contributed by atoms with van der Waals surface area (Å²) in [5, 5.41) is 8.91. The van der Waals surface area contributed by atoms with Crippen LogP contribution in [0.15, 0.2) is 0 Å². The molecular weight excluding hydrogens is 256 g/mol. The SMILES string of the molecule is CC(C)(CCCC(=O)O)CCO[Si](C)(C)C(C)(C)C. The van der Waals surface area contributed by atoms with E-state index in [2.05, 4.69) is 47.7 Å². The summed E-state index contributed by atoms with van der Waals surface area (Å²) in [6, 6.07) is 0. The molecule has 0 fully saturated rings. The van der Waals surface area contributed by atoms with E-state index in [0.29, 0.717) is 0 Å². The van der Waals surface area contributed by atoms with Crippen molar-refractivity contribution in [1.82, 2.24) is 0 Å². The zero-order valence-electron chi connectivity index (χ0n) is 13.8. The summed E-state index contributed by atoms with van der Waals surface area (Å²) >= 11 is 0. The topological polar surface area (TPSA) is 46.5 Å². The normalized spacial score (nSPS) is 13.6. The van der Waals surface area contributed by atoms with Crippen molar-refractivity contribution >= 4 is 14.3 Å². The summed E-state index contributed by atoms with van der Waals surface area (Å²) < 4.78 is 6.18. The monoisotopic (exact) mass is 288 g/mol. The average molecular weight is 289 g/mol. The van der Waals surface area contributed by atoms with Crippen molar-refractivity contribution in [3.05, 3.63) is 0 Å². The second kappa shape index (κ2) is 6.89. The van der Waals surface area contributed by atoms with E-state index in [9.17, 15) is 4.79 Å². The summed E-state index contributed by atoms with van der Waals surface area (Å²) in [6.45, 7) is 16.5. The second-order valence-corrected chi connectivity index (χ2v) is 12.6. The van der Waals surface area contributed by atoms with Gasteiger partial charge < -0.3 is 9.53 Å². The lowest BCUT2D eigenvalue weighted by atomic mass is 9.84. The highest BCUT2D eigenvalue weighted by molar-refractivity contribution is 6.74. The second-order valence-electron chi connectivity index (χ2n) is 7.77. The fourth-order valence-corrected chi connectivity index (χ4v) is 2.69. The van der Waals surface area contributed by atoms with Crippen LogP contribution in [0, 0.1) is 5.41 Å². The Morgan fingerprint density at radius 1 is 1.11 bits per heavy atom. The Bertz CT molecular complexity index is 290. The Labute approximate surface area is 119 Å². The van der Waals surface area contributed by atoms with E-state index in [1.807, 2.05) is 0 Å². The van der Waals surface area contributed by atoms with Gasteiger partial charge in [0.2, 0.25) is 0 Å². The van der Waals surface area contributed by atoms with Crippen molar-refractivity contribution in [2.24, 2.45) is 5.41 Å². The summed E-state index contributed by atoms with van der Waals surface area (Å²) in [4.78, 5) is 10.5. The fraction of sp³-hybridized carbons (Fsp3) is 0.933. The predicted octanol–water partition coefficient (Wildman–Crippen LogP) is 4.68. The first kappa shape index (κ1) is 18.6. The van der Waals surface area contributed by atoms with Gasteiger partial charge in [0.25, 0.3) is 0 Å². The quantitative estimate of drug-likeness (QED) is 0.660. The molecule has 0 aromatic carbocycles. The van der Waals surface area contributed by atoms with E-state index >= 15 is 0 Å². The molecule has 0 atom stereocenters. The Morgan fingerprint density at radius 3 is 2.05 bits per heavy atom. The summed E-state index contributed by atoms with van der Waals surface area (Å²) in [5.41, 5.74) is 0.164. The van der Waals surface area contributed by atoms with Crippen LogP contribution < -0.4 is 0 Å². The molecule has 0 aliphatic carbocycles. The average Bonchev–Trinajstić information content (AvgIpc) is 2.13. The first-order chi connectivity index (χ1) is 8.37. The lowest BCUT2D eigenvalue weighted by Gasteiger charge is -2.37. The number of aliphatic carboxylic acids is 1. The minimum atomic E-state index is -1.65. The molecule has 0 heterocycles. The molecule has 114 valence electrons. The molecule has 0 spiro atoms. The number of carboxylic acids is 1. The Kier molecular flexibility index (Phi) is 6.76. The molecular formula is C15H32O3Si. The molecule has 0 aromatic rings. The van der Waals surface area contributed by atoms with Crippen molar-refractivity contribution in [1.29, 1.82) is 0 Å². The highest BCUT2D eigenvalue weighted by atomic mass is 28.4. The van der Waals surface area contributed by atoms with Gasteiger partial charge in [-0.05, 0) is 42.8 Å². The smallest absolute Gasteiger partial charge is 0.303 e. The first-order valence-electron chi connectivity index (χ1n) is 7.23. The maximum atomic E-state index is 10.5. The highest BCUT2D eigenvalue weighted by Crippen LogP contribution is 2.37. The van der Waals surface area contributed by atoms with Crippen molar-refractivity contribution in [2.45, 2.75) is 78.4 Å². The Morgan fingerprint density at radius 2 is 1.63 bits per heavy atom. The van der Waals surface area contributed by atoms with Crippen LogP contribution in [0.4, 0.5) is 0 Å². The van der Waals surface area contributed by atoms with Gasteiger partial charge in [-0.25, -0.2) is 0 Å². The Hall–Kier alpha value is -0.353. The number of carbonyl (C=O) groups is 1. The lowest BCUT2D eigenvalue weighted by molar-refractivity contribution is -0.137. The standard InChI is InChI=1S/C15H32O3Si/c1-14(2,3)19(6,7)18-12-11-15(4,5)10-8-9-13(16)17/h8-12H2,1-7H3,(H,16,17). The third-order valence-electron chi connectivity index (χ3n) is 4.29. The molecule has 3 nitrogen and oxygen atoms in total. The molecule has 0 amide bonds. The molecule has 19 heavy (non-hydrogen) atoms. The fourth-order valence-electron chi connectivity index (χ4n) is 1.64. The van der Waals surface area contributed by atoms with E-state index in [4.69, 9.17) is 9.53 Å². The van der Waals surface area contributed by atoms with Gasteiger partial charge >= 0.3 is 5.97 Å². The van der Waals surface area contributed by atoms with Crippen LogP contribution in [0.2, 0.25) is 18.1 Å². The van der Waals surface area contributed by atoms with Crippen LogP contribution in [-0.2, 0) is 9.22 Å². The van der Waals surface area contributed by atoms with Crippen LogP contribution in [0.1, 0.15) is 60.3 Å². The van der Waals surface area contributed by atoms with Gasteiger partial charge in [-0.1, -0.05) is 34.6 Å². The third-order valence-corrected chi connectivity index (χ3v) is 8.83. The van der Waals surface area contributed by atoms with E-state index in [1.54, 1.807) is 0 Å². The molecule has 0 saturated carbocycles. The number of carboxylic acid groups (broad SMARTS) is 1. The molecule has 4 heteroatoms. The molecule has 0 bridgehead atoms. The van der Waals surface area contributed by atoms with Crippen molar-refractivity contribution in [3.63, 3.8) is 0 Å². The molecule has 0 aliphatic rings. The number of hydrogen-bond acceptors (Lipinski definition) is 2. The maximum absolute atomic E-state index is 10.5. The molecule has 0 rings (SSSR count). The van der Waals surface area contributed by atoms with Gasteiger partial charge in [-0.3, -0.25) is 4.79 Å². The number of hydrogen-bond donors (Lipinski definition) is 1. The van der Waals surface area contributed by atoms with Crippen LogP contribution >= 0.6 is 0 Å². The van der Waals surface area contributed by atoms with Crippen LogP contribution in [0.25, 0.3) is 0 Å². The molecule has 0 saturated heterocycles. The van der Waals surface area contributed by atoms with Gasteiger partial charge in [-0.15, -0.1) is 0 Å². The largest absolute Gasteiger partial charge is 0.481 e. The number of rotatable bonds is 8. The van der Waals surface area contributed by atoms with Gasteiger partial charge in [-0.2, -0.15) is 0 Å². The summed E-state index contributed by atoms with van der Waals surface area (Å²) in [6.07, 6.45) is 2.97. The minimum absolute atomic E-state index is 0.164. The molecule has 0 aromatic heterocycles. The Balaban J connectivity index is 4.08. The molecule has 0 unspecified atom stereocenters. The third kappa shape index (κ3) is 7.73. The van der Waals surface area contributed by atoms with E-state index in [1.165, 1.54) is 0 Å². The van der Waals surface area contributed by atoms with Crippen LogP contribution in [-0.4, -0.2) is 26.0 Å². The van der Waals surface area contributed by atoms with Gasteiger partial charge in [0.1, 0.15) is 0 Å². The van der Waals surface area contributed by atoms with Gasteiger partial charge in [0.05, 0.1) is 0 Å². The lowest BCUT2D eigenvalue weighted by Crippen LogP contribution is -2.41. The van der Waals surface area contributed by atoms with E-state index in [-0.39, 0.29) is 16.9 Å². The predicted molar refractivity (Wildman–Crippen MR) is 83.0 cm³/mol. The van der Waals surface area contributed by atoms with E-state index in [0.717, 1.165) is 25.9 Å². The highest BCUT2D eigenvalue weighted by Gasteiger charge is 2.37. The first-order valence-corrected chi connectivity index (χ1v) is 10.1. The maximum Gasteiger partial charge on any atom is 0.303 e. The molecule has 0 radical (unpaired) electrons. The summed E-state index contributed by atoms with van der Waals surface area (Å²) in [5.74, 6) is -0.701. The zero-order valence-corrected chi connectivity index (χ0v) is 14.8. The molecule has 0 aliphatic heterocycles. The van der Waals surface area contributed by atoms with Gasteiger partial charge in [0, 0.05) is 13.0 Å². The van der Waals surface area contributed by atoms with Crippen LogP contribution in [0.3, 0.4) is 0 Å². The van der Waals surface area contributed by atoms with Crippen molar-refractivity contribution in [2.75, 3.05) is 6.61 Å². The van der Waals surface area contributed by atoms with Crippen molar-refractivity contribution in [3.8, 4) is 0 Å². The van der Waals surface area contributed by atoms with Gasteiger partial charge in [0.15, 0.2) is 8.32 Å². The molecule has 1 N–H and O–H groups in total. The van der Waals surface area contributed by atoms with E-state index < -0.39 is 14.3 Å². The van der Waals surface area contributed by atoms with Crippen LogP contribution in [0.5, 0.6) is 0 Å². The minimum Gasteiger partial charge on any atom is -0.481 e. The van der Waals surface area contributed by atoms with Crippen molar-refractivity contribution < 1.29 is 14.3 Å².